The second-order valence-electron chi connectivity index (χ2n) is 14.8. The lowest BCUT2D eigenvalue weighted by Crippen LogP contribution is -2.60. The largest absolute Gasteiger partial charge is 0.461 e. The number of alkyl carbamates (subject to hydrolysis) is 1. The Hall–Kier alpha value is -4.83. The van der Waals surface area contributed by atoms with Crippen LogP contribution in [0.4, 0.5) is 13.6 Å². The van der Waals surface area contributed by atoms with Crippen molar-refractivity contribution >= 4 is 41.6 Å². The topological polar surface area (TPSA) is 184 Å². The summed E-state index contributed by atoms with van der Waals surface area (Å²) in [6.45, 7) is 9.16. The van der Waals surface area contributed by atoms with Crippen LogP contribution >= 0.6 is 0 Å². The zero-order valence-corrected chi connectivity index (χ0v) is 30.5. The van der Waals surface area contributed by atoms with Crippen molar-refractivity contribution in [3.63, 3.8) is 0 Å². The van der Waals surface area contributed by atoms with Crippen molar-refractivity contribution in [2.24, 2.45) is 5.92 Å². The molecule has 1 aromatic carbocycles. The number of ether oxygens (including phenoxy) is 2. The van der Waals surface area contributed by atoms with Crippen molar-refractivity contribution in [3.8, 4) is 0 Å². The molecular weight excluding hydrogens is 686 g/mol. The van der Waals surface area contributed by atoms with Gasteiger partial charge in [0.1, 0.15) is 60.1 Å². The lowest BCUT2D eigenvalue weighted by molar-refractivity contribution is -0.157. The standard InChI is InChI=1S/C35H48F2N6O9/c1-18-11-27-33(49)51-17-25(39-29(45)24(40-34(50)52-35(4,5)6)14-21-12-22(36)15-23(37)13-21)31(47)42-10-8-9-26(42)32(48)41(7)20(3)28(44)38-19(2)30(46)43(27)16-18/h12-13,15,18-20,24-27H,8-11,14,16-17H2,1-7H3,(H,38,44)(H,39,45)(H,40,50)/t18-,19+,20+,24+,25+,26+,27+/m1/s1. The molecule has 3 heterocycles. The molecule has 0 radical (unpaired) electrons. The van der Waals surface area contributed by atoms with Gasteiger partial charge in [0.15, 0.2) is 0 Å². The second-order valence-corrected chi connectivity index (χ2v) is 14.8. The molecule has 4 rings (SSSR count). The highest BCUT2D eigenvalue weighted by Crippen LogP contribution is 2.26. The van der Waals surface area contributed by atoms with E-state index in [4.69, 9.17) is 9.47 Å². The lowest BCUT2D eigenvalue weighted by atomic mass is 10.0. The molecule has 3 saturated heterocycles. The molecule has 7 atom stereocenters. The number of benzene rings is 1. The van der Waals surface area contributed by atoms with Gasteiger partial charge in [-0.2, -0.15) is 0 Å². The van der Waals surface area contributed by atoms with Crippen LogP contribution in [0.1, 0.15) is 66.4 Å². The van der Waals surface area contributed by atoms with Crippen molar-refractivity contribution in [2.45, 2.75) is 109 Å². The van der Waals surface area contributed by atoms with Crippen LogP contribution in [0, 0.1) is 17.6 Å². The highest BCUT2D eigenvalue weighted by atomic mass is 19.1. The number of esters is 1. The third kappa shape index (κ3) is 9.73. The van der Waals surface area contributed by atoms with Gasteiger partial charge in [0.05, 0.1) is 0 Å². The van der Waals surface area contributed by atoms with Crippen LogP contribution in [0.15, 0.2) is 18.2 Å². The molecule has 15 nitrogen and oxygen atoms in total. The van der Waals surface area contributed by atoms with E-state index in [0.29, 0.717) is 12.5 Å². The molecular formula is C35H48F2N6O9. The zero-order valence-electron chi connectivity index (χ0n) is 30.5. The first kappa shape index (κ1) is 39.9. The first-order chi connectivity index (χ1) is 24.2. The molecule has 0 unspecified atom stereocenters. The number of halogens is 2. The highest BCUT2D eigenvalue weighted by Gasteiger charge is 2.44. The number of hydrogen-bond acceptors (Lipinski definition) is 9. The molecule has 3 N–H and O–H groups in total. The summed E-state index contributed by atoms with van der Waals surface area (Å²) in [4.78, 5) is 98.6. The molecule has 0 aromatic heterocycles. The van der Waals surface area contributed by atoms with Crippen molar-refractivity contribution in [1.82, 2.24) is 30.7 Å². The molecule has 6 amide bonds. The van der Waals surface area contributed by atoms with E-state index < -0.39 is 108 Å². The second kappa shape index (κ2) is 16.2. The van der Waals surface area contributed by atoms with E-state index in [1.807, 2.05) is 6.92 Å². The third-order valence-corrected chi connectivity index (χ3v) is 9.30. The number of likely N-dealkylation sites (N-methyl/N-ethyl adjacent to an activating group) is 1. The predicted molar refractivity (Wildman–Crippen MR) is 180 cm³/mol. The van der Waals surface area contributed by atoms with Gasteiger partial charge >= 0.3 is 12.1 Å². The summed E-state index contributed by atoms with van der Waals surface area (Å²) in [6.07, 6.45) is -0.566. The Kier molecular flexibility index (Phi) is 12.5. The van der Waals surface area contributed by atoms with Crippen LogP contribution in [0.5, 0.6) is 0 Å². The first-order valence-corrected chi connectivity index (χ1v) is 17.3. The average Bonchev–Trinajstić information content (AvgIpc) is 3.69. The fourth-order valence-corrected chi connectivity index (χ4v) is 6.58. The fourth-order valence-electron chi connectivity index (χ4n) is 6.58. The molecule has 3 aliphatic rings. The van der Waals surface area contributed by atoms with Crippen LogP contribution in [0.25, 0.3) is 0 Å². The molecule has 1 aromatic rings. The van der Waals surface area contributed by atoms with Gasteiger partial charge < -0.3 is 40.1 Å². The van der Waals surface area contributed by atoms with Gasteiger partial charge in [0.25, 0.3) is 0 Å². The maximum absolute atomic E-state index is 14.2. The van der Waals surface area contributed by atoms with Crippen molar-refractivity contribution in [1.29, 1.82) is 0 Å². The smallest absolute Gasteiger partial charge is 0.408 e. The lowest BCUT2D eigenvalue weighted by Gasteiger charge is -2.34. The summed E-state index contributed by atoms with van der Waals surface area (Å²) in [5.41, 5.74) is -0.971. The van der Waals surface area contributed by atoms with Crippen LogP contribution in [0.3, 0.4) is 0 Å². The van der Waals surface area contributed by atoms with E-state index >= 15 is 0 Å². The first-order valence-electron chi connectivity index (χ1n) is 17.3. The maximum atomic E-state index is 14.2. The Morgan fingerprint density at radius 1 is 0.981 bits per heavy atom. The Morgan fingerprint density at radius 3 is 2.27 bits per heavy atom. The van der Waals surface area contributed by atoms with Crippen molar-refractivity contribution in [3.05, 3.63) is 35.4 Å². The Labute approximate surface area is 301 Å². The van der Waals surface area contributed by atoms with Crippen molar-refractivity contribution in [2.75, 3.05) is 26.7 Å². The molecule has 0 aliphatic carbocycles. The zero-order chi connectivity index (χ0) is 38.7. The molecule has 0 spiro atoms. The molecule has 3 aliphatic heterocycles. The quantitative estimate of drug-likeness (QED) is 0.372. The highest BCUT2D eigenvalue weighted by molar-refractivity contribution is 5.97. The molecule has 286 valence electrons. The van der Waals surface area contributed by atoms with E-state index in [1.54, 1.807) is 20.8 Å². The number of nitrogens with zero attached hydrogens (tertiary/aromatic N) is 3. The molecule has 3 fully saturated rings. The minimum absolute atomic E-state index is 0.00481. The monoisotopic (exact) mass is 734 g/mol. The molecule has 17 heteroatoms. The van der Waals surface area contributed by atoms with Gasteiger partial charge in [-0.05, 0) is 77.5 Å². The SMILES string of the molecule is C[C@@H]1C[C@H]2C(=O)OC[C@H](NC(=O)[C@H](Cc3cc(F)cc(F)c3)NC(=O)OC(C)(C)C)C(=O)N3CCC[C@H]3C(=O)N(C)[C@@H](C)C(=O)N[C@@H](C)C(=O)N2C1. The summed E-state index contributed by atoms with van der Waals surface area (Å²) in [7, 11) is 1.41. The van der Waals surface area contributed by atoms with Crippen LogP contribution in [0.2, 0.25) is 0 Å². The van der Waals surface area contributed by atoms with Gasteiger partial charge in [-0.3, -0.25) is 24.0 Å². The van der Waals surface area contributed by atoms with Crippen LogP contribution in [-0.2, 0) is 44.7 Å². The van der Waals surface area contributed by atoms with Crippen LogP contribution in [-0.4, -0.2) is 125 Å². The number of carbonyl (C=O) groups excluding carboxylic acids is 7. The average molecular weight is 735 g/mol. The van der Waals surface area contributed by atoms with Gasteiger partial charge in [-0.25, -0.2) is 18.4 Å². The van der Waals surface area contributed by atoms with Gasteiger partial charge in [-0.1, -0.05) is 6.92 Å². The number of rotatable bonds is 5. The van der Waals surface area contributed by atoms with Gasteiger partial charge in [0, 0.05) is 32.6 Å². The number of hydrogen-bond donors (Lipinski definition) is 3. The molecule has 0 saturated carbocycles. The summed E-state index contributed by atoms with van der Waals surface area (Å²) >= 11 is 0. The Morgan fingerprint density at radius 2 is 1.63 bits per heavy atom. The minimum Gasteiger partial charge on any atom is -0.461 e. The number of fused-ring (bicyclic) bond motifs is 2. The Balaban J connectivity index is 1.69. The minimum atomic E-state index is -1.60. The van der Waals surface area contributed by atoms with E-state index in [2.05, 4.69) is 16.0 Å². The third-order valence-electron chi connectivity index (χ3n) is 9.30. The number of cyclic esters (lactones) is 1. The van der Waals surface area contributed by atoms with Crippen LogP contribution < -0.4 is 16.0 Å². The molecule has 52 heavy (non-hydrogen) atoms. The number of nitrogens with one attached hydrogen (secondary N) is 3. The van der Waals surface area contributed by atoms with E-state index in [9.17, 15) is 42.3 Å². The number of amides is 6. The summed E-state index contributed by atoms with van der Waals surface area (Å²) in [5, 5.41) is 7.53. The Bertz CT molecular complexity index is 1570. The normalized spacial score (nSPS) is 27.0. The van der Waals surface area contributed by atoms with E-state index in [0.717, 1.165) is 12.1 Å². The van der Waals surface area contributed by atoms with Gasteiger partial charge in [-0.15, -0.1) is 0 Å². The predicted octanol–water partition coefficient (Wildman–Crippen LogP) is 1.02. The summed E-state index contributed by atoms with van der Waals surface area (Å²) in [6, 6.07) is -4.69. The number of carbonyl (C=O) groups is 7. The van der Waals surface area contributed by atoms with E-state index in [1.165, 1.54) is 35.6 Å². The summed E-state index contributed by atoms with van der Waals surface area (Å²) < 4.78 is 39.1. The fraction of sp³-hybridized carbons (Fsp3) is 0.629. The van der Waals surface area contributed by atoms with Gasteiger partial charge in [0.2, 0.25) is 29.5 Å². The summed E-state index contributed by atoms with van der Waals surface area (Å²) in [5.74, 6) is -6.29. The van der Waals surface area contributed by atoms with Crippen molar-refractivity contribution < 1.29 is 51.8 Å². The van der Waals surface area contributed by atoms with E-state index in [-0.39, 0.29) is 37.4 Å². The molecule has 0 bridgehead atoms. The maximum Gasteiger partial charge on any atom is 0.408 e.